The van der Waals surface area contributed by atoms with Crippen LogP contribution < -0.4 is 14.4 Å². The topological polar surface area (TPSA) is 96.0 Å². The summed E-state index contributed by atoms with van der Waals surface area (Å²) >= 11 is 0. The molecule has 0 aliphatic carbocycles. The van der Waals surface area contributed by atoms with Gasteiger partial charge in [-0.25, -0.2) is 12.8 Å². The Morgan fingerprint density at radius 2 is 1.73 bits per heavy atom. The number of para-hydroxylation sites is 2. The molecule has 0 saturated carbocycles. The first-order valence-corrected chi connectivity index (χ1v) is 14.4. The van der Waals surface area contributed by atoms with Crippen molar-refractivity contribution in [2.45, 2.75) is 58.5 Å². The Kier molecular flexibility index (Phi) is 11.8. The van der Waals surface area contributed by atoms with E-state index in [9.17, 15) is 22.4 Å². The molecule has 37 heavy (non-hydrogen) atoms. The Morgan fingerprint density at radius 1 is 1.05 bits per heavy atom. The van der Waals surface area contributed by atoms with E-state index in [2.05, 4.69) is 5.32 Å². The fraction of sp³-hybridized carbons (Fsp3) is 0.481. The molecule has 0 heterocycles. The van der Waals surface area contributed by atoms with Crippen molar-refractivity contribution in [1.29, 1.82) is 0 Å². The normalized spacial score (nSPS) is 12.0. The molecule has 0 unspecified atom stereocenters. The molecule has 0 aromatic heterocycles. The average molecular weight is 536 g/mol. The molecule has 0 spiro atoms. The molecule has 2 aromatic rings. The largest absolute Gasteiger partial charge is 0.495 e. The number of carbonyl (C=O) groups is 2. The highest BCUT2D eigenvalue weighted by Gasteiger charge is 2.29. The second kappa shape index (κ2) is 14.6. The predicted molar refractivity (Wildman–Crippen MR) is 143 cm³/mol. The number of unbranched alkanes of at least 4 members (excludes halogenated alkanes) is 1. The summed E-state index contributed by atoms with van der Waals surface area (Å²) in [6.45, 7) is 4.59. The van der Waals surface area contributed by atoms with E-state index in [0.29, 0.717) is 30.0 Å². The SMILES string of the molecule is CCCCNC(=O)[C@H](CC)N(Cc1ccc(F)cc1)C(=O)CCCN(c1ccccc1OC)S(C)(=O)=O. The summed E-state index contributed by atoms with van der Waals surface area (Å²) < 4.78 is 45.1. The number of anilines is 1. The van der Waals surface area contributed by atoms with Crippen LogP contribution in [-0.4, -0.2) is 57.6 Å². The van der Waals surface area contributed by atoms with E-state index in [1.807, 2.05) is 13.8 Å². The minimum atomic E-state index is -3.64. The Hall–Kier alpha value is -3.14. The number of nitrogens with one attached hydrogen (secondary N) is 1. The van der Waals surface area contributed by atoms with Crippen molar-refractivity contribution in [2.24, 2.45) is 0 Å². The number of carbonyl (C=O) groups excluding carboxylic acids is 2. The van der Waals surface area contributed by atoms with Crippen LogP contribution in [0.4, 0.5) is 10.1 Å². The molecule has 2 rings (SSSR count). The molecule has 2 amide bonds. The highest BCUT2D eigenvalue weighted by molar-refractivity contribution is 7.92. The standard InChI is InChI=1S/C27H38FN3O5S/c1-5-7-18-29-27(33)23(6-2)30(20-21-14-16-22(28)17-15-21)26(32)13-10-19-31(37(4,34)35)24-11-8-9-12-25(24)36-3/h8-9,11-12,14-17,23H,5-7,10,13,18-20H2,1-4H3,(H,29,33)/t23-/m0/s1. The van der Waals surface area contributed by atoms with Gasteiger partial charge in [0.2, 0.25) is 21.8 Å². The fourth-order valence-corrected chi connectivity index (χ4v) is 5.00. The summed E-state index contributed by atoms with van der Waals surface area (Å²) in [4.78, 5) is 27.9. The number of methoxy groups -OCH3 is 1. The van der Waals surface area contributed by atoms with Gasteiger partial charge < -0.3 is 15.0 Å². The van der Waals surface area contributed by atoms with Gasteiger partial charge in [0.1, 0.15) is 17.6 Å². The lowest BCUT2D eigenvalue weighted by molar-refractivity contribution is -0.141. The van der Waals surface area contributed by atoms with Crippen molar-refractivity contribution in [2.75, 3.05) is 30.8 Å². The Morgan fingerprint density at radius 3 is 2.32 bits per heavy atom. The molecule has 204 valence electrons. The first-order valence-electron chi connectivity index (χ1n) is 12.5. The number of amides is 2. The van der Waals surface area contributed by atoms with Crippen LogP contribution in [0.3, 0.4) is 0 Å². The van der Waals surface area contributed by atoms with Gasteiger partial charge in [-0.2, -0.15) is 0 Å². The first kappa shape index (κ1) is 30.1. The van der Waals surface area contributed by atoms with E-state index in [1.54, 1.807) is 36.4 Å². The first-order chi connectivity index (χ1) is 17.6. The van der Waals surface area contributed by atoms with Crippen LogP contribution in [-0.2, 0) is 26.2 Å². The van der Waals surface area contributed by atoms with Crippen LogP contribution in [0.5, 0.6) is 5.75 Å². The summed E-state index contributed by atoms with van der Waals surface area (Å²) in [5.41, 5.74) is 1.09. The number of hydrogen-bond donors (Lipinski definition) is 1. The molecule has 8 nitrogen and oxygen atoms in total. The van der Waals surface area contributed by atoms with Crippen molar-refractivity contribution in [3.63, 3.8) is 0 Å². The van der Waals surface area contributed by atoms with Crippen LogP contribution in [0.15, 0.2) is 48.5 Å². The third kappa shape index (κ3) is 9.03. The highest BCUT2D eigenvalue weighted by atomic mass is 32.2. The fourth-order valence-electron chi connectivity index (χ4n) is 4.03. The van der Waals surface area contributed by atoms with Crippen molar-refractivity contribution >= 4 is 27.5 Å². The van der Waals surface area contributed by atoms with Gasteiger partial charge in [0.15, 0.2) is 0 Å². The number of sulfonamides is 1. The number of ether oxygens (including phenoxy) is 1. The molecule has 10 heteroatoms. The second-order valence-electron chi connectivity index (χ2n) is 8.83. The molecule has 0 aliphatic rings. The number of benzene rings is 2. The van der Waals surface area contributed by atoms with Crippen LogP contribution in [0, 0.1) is 5.82 Å². The number of halogens is 1. The summed E-state index contributed by atoms with van der Waals surface area (Å²) in [5, 5.41) is 2.90. The molecule has 0 radical (unpaired) electrons. The quantitative estimate of drug-likeness (QED) is 0.347. The van der Waals surface area contributed by atoms with Crippen LogP contribution in [0.25, 0.3) is 0 Å². The molecule has 0 bridgehead atoms. The Labute approximate surface area is 219 Å². The average Bonchev–Trinajstić information content (AvgIpc) is 2.87. The third-order valence-electron chi connectivity index (χ3n) is 5.99. The lowest BCUT2D eigenvalue weighted by atomic mass is 10.1. The van der Waals surface area contributed by atoms with Gasteiger partial charge in [-0.15, -0.1) is 0 Å². The van der Waals surface area contributed by atoms with Crippen LogP contribution >= 0.6 is 0 Å². The molecule has 1 atom stereocenters. The zero-order valence-electron chi connectivity index (χ0n) is 22.1. The summed E-state index contributed by atoms with van der Waals surface area (Å²) in [6, 6.07) is 11.9. The molecule has 0 aliphatic heterocycles. The van der Waals surface area contributed by atoms with E-state index in [-0.39, 0.29) is 43.6 Å². The van der Waals surface area contributed by atoms with E-state index >= 15 is 0 Å². The van der Waals surface area contributed by atoms with E-state index in [1.165, 1.54) is 28.4 Å². The van der Waals surface area contributed by atoms with Crippen molar-refractivity contribution in [3.8, 4) is 5.75 Å². The maximum absolute atomic E-state index is 13.4. The molecular formula is C27H38FN3O5S. The highest BCUT2D eigenvalue weighted by Crippen LogP contribution is 2.29. The zero-order chi connectivity index (χ0) is 27.4. The summed E-state index contributed by atoms with van der Waals surface area (Å²) in [7, 11) is -2.17. The third-order valence-corrected chi connectivity index (χ3v) is 7.17. The predicted octanol–water partition coefficient (Wildman–Crippen LogP) is 4.10. The maximum Gasteiger partial charge on any atom is 0.242 e. The van der Waals surface area contributed by atoms with Gasteiger partial charge in [0.05, 0.1) is 19.1 Å². The van der Waals surface area contributed by atoms with Gasteiger partial charge in [-0.05, 0) is 49.1 Å². The van der Waals surface area contributed by atoms with Gasteiger partial charge in [0.25, 0.3) is 0 Å². The molecule has 1 N–H and O–H groups in total. The van der Waals surface area contributed by atoms with Crippen molar-refractivity contribution in [3.05, 3.63) is 59.9 Å². The Bertz CT molecular complexity index is 1130. The molecular weight excluding hydrogens is 497 g/mol. The molecule has 2 aromatic carbocycles. The summed E-state index contributed by atoms with van der Waals surface area (Å²) in [6.07, 6.45) is 3.53. The maximum atomic E-state index is 13.4. The van der Waals surface area contributed by atoms with Crippen molar-refractivity contribution in [1.82, 2.24) is 10.2 Å². The zero-order valence-corrected chi connectivity index (χ0v) is 22.9. The van der Waals surface area contributed by atoms with E-state index in [4.69, 9.17) is 4.74 Å². The van der Waals surface area contributed by atoms with E-state index in [0.717, 1.165) is 19.1 Å². The number of nitrogens with zero attached hydrogens (tertiary/aromatic N) is 2. The van der Waals surface area contributed by atoms with Gasteiger partial charge in [0, 0.05) is 26.1 Å². The summed E-state index contributed by atoms with van der Waals surface area (Å²) in [5.74, 6) is -0.497. The van der Waals surface area contributed by atoms with Crippen LogP contribution in [0.2, 0.25) is 0 Å². The number of rotatable bonds is 15. The second-order valence-corrected chi connectivity index (χ2v) is 10.7. The van der Waals surface area contributed by atoms with E-state index < -0.39 is 16.1 Å². The minimum Gasteiger partial charge on any atom is -0.495 e. The molecule has 0 saturated heterocycles. The van der Waals surface area contributed by atoms with Crippen molar-refractivity contribution < 1.29 is 27.1 Å². The van der Waals surface area contributed by atoms with Crippen LogP contribution in [0.1, 0.15) is 51.5 Å². The lowest BCUT2D eigenvalue weighted by Crippen LogP contribution is -2.49. The van der Waals surface area contributed by atoms with Gasteiger partial charge in [-0.1, -0.05) is 44.5 Å². The lowest BCUT2D eigenvalue weighted by Gasteiger charge is -2.31. The number of hydrogen-bond acceptors (Lipinski definition) is 5. The monoisotopic (exact) mass is 535 g/mol. The van der Waals surface area contributed by atoms with Gasteiger partial charge in [-0.3, -0.25) is 13.9 Å². The minimum absolute atomic E-state index is 0.0289. The molecule has 0 fully saturated rings. The smallest absolute Gasteiger partial charge is 0.242 e. The Balaban J connectivity index is 2.21. The van der Waals surface area contributed by atoms with Gasteiger partial charge >= 0.3 is 0 Å².